The molecule has 4 atom stereocenters. The lowest BCUT2D eigenvalue weighted by molar-refractivity contribution is -0.0451. The maximum absolute atomic E-state index is 15.3. The highest BCUT2D eigenvalue weighted by Gasteiger charge is 2.44. The largest absolute Gasteiger partial charge is 0.453 e. The summed E-state index contributed by atoms with van der Waals surface area (Å²) in [5, 5.41) is 14.0. The van der Waals surface area contributed by atoms with Crippen molar-refractivity contribution in [3.8, 4) is 11.5 Å². The molecule has 3 heterocycles. The molecule has 0 bridgehead atoms. The fourth-order valence-corrected chi connectivity index (χ4v) is 5.98. The first-order valence-electron chi connectivity index (χ1n) is 13.1. The van der Waals surface area contributed by atoms with Crippen LogP contribution < -0.4 is 30.7 Å². The summed E-state index contributed by atoms with van der Waals surface area (Å²) in [4.78, 5) is 2.31. The summed E-state index contributed by atoms with van der Waals surface area (Å²) >= 11 is 0. The normalized spacial score (nSPS) is 31.0. The van der Waals surface area contributed by atoms with Gasteiger partial charge in [-0.15, -0.1) is 0 Å². The Morgan fingerprint density at radius 3 is 2.71 bits per heavy atom. The molecule has 7 nitrogen and oxygen atoms in total. The van der Waals surface area contributed by atoms with Gasteiger partial charge in [-0.3, -0.25) is 5.32 Å². The van der Waals surface area contributed by atoms with Gasteiger partial charge in [0.1, 0.15) is 12.5 Å². The van der Waals surface area contributed by atoms with Crippen LogP contribution in [0.5, 0.6) is 11.5 Å². The number of ether oxygens (including phenoxy) is 2. The van der Waals surface area contributed by atoms with Crippen molar-refractivity contribution in [1.82, 2.24) is 20.9 Å². The molecular formula is C26H40FN5O2. The molecule has 34 heavy (non-hydrogen) atoms. The van der Waals surface area contributed by atoms with Crippen LogP contribution in [-0.4, -0.2) is 62.5 Å². The predicted octanol–water partition coefficient (Wildman–Crippen LogP) is 3.78. The second-order valence-corrected chi connectivity index (χ2v) is 10.1. The van der Waals surface area contributed by atoms with Crippen LogP contribution >= 0.6 is 0 Å². The van der Waals surface area contributed by atoms with Gasteiger partial charge in [-0.2, -0.15) is 0 Å². The van der Waals surface area contributed by atoms with Crippen LogP contribution in [0, 0.1) is 0 Å². The average molecular weight is 474 g/mol. The summed E-state index contributed by atoms with van der Waals surface area (Å²) in [5.74, 6) is 1.61. The monoisotopic (exact) mass is 473 g/mol. The minimum atomic E-state index is -0.984. The summed E-state index contributed by atoms with van der Waals surface area (Å²) < 4.78 is 27.0. The topological polar surface area (TPSA) is 69.8 Å². The van der Waals surface area contributed by atoms with E-state index in [1.54, 1.807) is 0 Å². The van der Waals surface area contributed by atoms with Gasteiger partial charge in [0.25, 0.3) is 0 Å². The van der Waals surface area contributed by atoms with E-state index in [4.69, 9.17) is 9.47 Å². The first kappa shape index (κ1) is 23.9. The van der Waals surface area contributed by atoms with E-state index in [0.717, 1.165) is 61.5 Å². The summed E-state index contributed by atoms with van der Waals surface area (Å²) in [7, 11) is 1.88. The molecule has 1 aromatic rings. The molecule has 0 aromatic heterocycles. The SMILES string of the molecule is CNC1C(F)C(C)NC(Nc2cc3c(c(C4=CCNCCC4)c2)OCO3)N1C1CCCCCC1. The summed E-state index contributed by atoms with van der Waals surface area (Å²) in [5.41, 5.74) is 3.35. The number of hydrogen-bond acceptors (Lipinski definition) is 7. The molecule has 1 saturated heterocycles. The molecule has 1 aromatic carbocycles. The minimum Gasteiger partial charge on any atom is -0.453 e. The number of hydrogen-bond donors (Lipinski definition) is 4. The molecular weight excluding hydrogens is 433 g/mol. The Morgan fingerprint density at radius 2 is 1.91 bits per heavy atom. The first-order valence-corrected chi connectivity index (χ1v) is 13.1. The smallest absolute Gasteiger partial charge is 0.231 e. The first-order chi connectivity index (χ1) is 16.7. The molecule has 8 heteroatoms. The van der Waals surface area contributed by atoms with Crippen LogP contribution in [-0.2, 0) is 0 Å². The van der Waals surface area contributed by atoms with E-state index in [1.165, 1.54) is 31.3 Å². The van der Waals surface area contributed by atoms with Gasteiger partial charge in [0, 0.05) is 35.9 Å². The zero-order valence-corrected chi connectivity index (χ0v) is 20.5. The lowest BCUT2D eigenvalue weighted by Gasteiger charge is -2.50. The minimum absolute atomic E-state index is 0.180. The van der Waals surface area contributed by atoms with E-state index >= 15 is 4.39 Å². The third-order valence-electron chi connectivity index (χ3n) is 7.78. The molecule has 4 unspecified atom stereocenters. The third kappa shape index (κ3) is 4.91. The van der Waals surface area contributed by atoms with Crippen LogP contribution in [0.2, 0.25) is 0 Å². The number of fused-ring (bicyclic) bond motifs is 1. The van der Waals surface area contributed by atoms with Crippen molar-refractivity contribution < 1.29 is 13.9 Å². The van der Waals surface area contributed by atoms with Gasteiger partial charge in [0.05, 0.1) is 6.17 Å². The van der Waals surface area contributed by atoms with Crippen LogP contribution in [0.3, 0.4) is 0 Å². The maximum atomic E-state index is 15.3. The molecule has 4 N–H and O–H groups in total. The Kier molecular flexibility index (Phi) is 7.58. The van der Waals surface area contributed by atoms with Gasteiger partial charge < -0.3 is 25.4 Å². The highest BCUT2D eigenvalue weighted by molar-refractivity contribution is 5.77. The molecule has 1 saturated carbocycles. The van der Waals surface area contributed by atoms with Gasteiger partial charge in [0.2, 0.25) is 6.79 Å². The second-order valence-electron chi connectivity index (χ2n) is 10.1. The average Bonchev–Trinajstić information content (AvgIpc) is 3.02. The van der Waals surface area contributed by atoms with Crippen molar-refractivity contribution in [3.05, 3.63) is 23.8 Å². The van der Waals surface area contributed by atoms with Crippen molar-refractivity contribution in [2.24, 2.45) is 0 Å². The highest BCUT2D eigenvalue weighted by Crippen LogP contribution is 2.43. The fourth-order valence-electron chi connectivity index (χ4n) is 5.98. The van der Waals surface area contributed by atoms with E-state index in [2.05, 4.69) is 38.3 Å². The quantitative estimate of drug-likeness (QED) is 0.485. The van der Waals surface area contributed by atoms with Gasteiger partial charge in [-0.1, -0.05) is 31.8 Å². The summed E-state index contributed by atoms with van der Waals surface area (Å²) in [6.07, 6.45) is 10.0. The Bertz CT molecular complexity index is 873. The standard InChI is InChI=1S/C26H40FN5O2/c1-17-23(27)25(28-2)32(20-9-5-3-4-6-10-20)26(30-17)31-19-14-21(18-8-7-12-29-13-11-18)24-22(15-19)33-16-34-24/h11,14-15,17,20,23,25-26,28-31H,3-10,12-13,16H2,1-2H3. The van der Waals surface area contributed by atoms with E-state index < -0.39 is 6.17 Å². The van der Waals surface area contributed by atoms with Crippen molar-refractivity contribution in [2.75, 3.05) is 32.2 Å². The molecule has 2 fully saturated rings. The molecule has 0 radical (unpaired) electrons. The van der Waals surface area contributed by atoms with Crippen molar-refractivity contribution in [2.45, 2.75) is 89.0 Å². The number of nitrogens with one attached hydrogen (secondary N) is 4. The maximum Gasteiger partial charge on any atom is 0.231 e. The van der Waals surface area contributed by atoms with Gasteiger partial charge in [-0.05, 0) is 57.8 Å². The fraction of sp³-hybridized carbons (Fsp3) is 0.692. The van der Waals surface area contributed by atoms with E-state index in [1.807, 2.05) is 20.0 Å². The molecule has 5 rings (SSSR count). The Morgan fingerprint density at radius 1 is 1.09 bits per heavy atom. The van der Waals surface area contributed by atoms with E-state index in [9.17, 15) is 0 Å². The zero-order valence-electron chi connectivity index (χ0n) is 20.5. The Balaban J connectivity index is 1.46. The van der Waals surface area contributed by atoms with Crippen molar-refractivity contribution in [1.29, 1.82) is 0 Å². The van der Waals surface area contributed by atoms with Crippen LogP contribution in [0.25, 0.3) is 5.57 Å². The predicted molar refractivity (Wildman–Crippen MR) is 134 cm³/mol. The van der Waals surface area contributed by atoms with Gasteiger partial charge in [-0.25, -0.2) is 9.29 Å². The molecule has 0 amide bonds. The summed E-state index contributed by atoms with van der Waals surface area (Å²) in [6.45, 7) is 4.06. The number of benzene rings is 1. The lowest BCUT2D eigenvalue weighted by Crippen LogP contribution is -2.72. The number of allylic oxidation sites excluding steroid dienone is 1. The highest BCUT2D eigenvalue weighted by atomic mass is 19.1. The number of halogens is 1. The molecule has 3 aliphatic heterocycles. The zero-order chi connectivity index (χ0) is 23.5. The van der Waals surface area contributed by atoms with Crippen LogP contribution in [0.1, 0.15) is 63.9 Å². The number of alkyl halides is 1. The van der Waals surface area contributed by atoms with Crippen molar-refractivity contribution >= 4 is 11.3 Å². The van der Waals surface area contributed by atoms with Crippen LogP contribution in [0.15, 0.2) is 18.2 Å². The molecule has 0 spiro atoms. The molecule has 188 valence electrons. The second kappa shape index (κ2) is 10.8. The molecule has 1 aliphatic carbocycles. The summed E-state index contributed by atoms with van der Waals surface area (Å²) in [6, 6.07) is 4.27. The lowest BCUT2D eigenvalue weighted by atomic mass is 9.98. The number of nitrogens with zero attached hydrogens (tertiary/aromatic N) is 1. The Hall–Kier alpha value is -1.87. The van der Waals surface area contributed by atoms with E-state index in [-0.39, 0.29) is 25.3 Å². The Labute approximate surface area is 202 Å². The number of rotatable bonds is 5. The third-order valence-corrected chi connectivity index (χ3v) is 7.78. The van der Waals surface area contributed by atoms with Crippen molar-refractivity contribution in [3.63, 3.8) is 0 Å². The van der Waals surface area contributed by atoms with Crippen LogP contribution in [0.4, 0.5) is 10.1 Å². The van der Waals surface area contributed by atoms with E-state index in [0.29, 0.717) is 6.04 Å². The molecule has 4 aliphatic rings. The number of anilines is 1. The van der Waals surface area contributed by atoms with Gasteiger partial charge in [0.15, 0.2) is 11.5 Å². The van der Waals surface area contributed by atoms with Gasteiger partial charge >= 0.3 is 0 Å².